The molecule has 0 radical (unpaired) electrons. The van der Waals surface area contributed by atoms with Crippen molar-refractivity contribution in [1.82, 2.24) is 19.7 Å². The van der Waals surface area contributed by atoms with Gasteiger partial charge >= 0.3 is 0 Å². The second-order valence-electron chi connectivity index (χ2n) is 8.84. The van der Waals surface area contributed by atoms with E-state index >= 15 is 0 Å². The molecule has 158 valence electrons. The topological polar surface area (TPSA) is 56.8 Å². The van der Waals surface area contributed by atoms with Crippen molar-refractivity contribution in [2.45, 2.75) is 38.6 Å². The van der Waals surface area contributed by atoms with E-state index < -0.39 is 0 Å². The first-order valence-electron chi connectivity index (χ1n) is 10.9. The normalized spacial score (nSPS) is 22.5. The summed E-state index contributed by atoms with van der Waals surface area (Å²) in [7, 11) is 0. The van der Waals surface area contributed by atoms with Crippen molar-refractivity contribution < 1.29 is 9.59 Å². The van der Waals surface area contributed by atoms with Gasteiger partial charge in [0.05, 0.1) is 17.8 Å². The molecular formula is C23H28N4O2S. The molecule has 1 aliphatic carbocycles. The van der Waals surface area contributed by atoms with Crippen LogP contribution in [0, 0.1) is 5.41 Å². The Morgan fingerprint density at radius 1 is 0.967 bits per heavy atom. The highest BCUT2D eigenvalue weighted by Gasteiger charge is 2.52. The van der Waals surface area contributed by atoms with Crippen LogP contribution in [0.5, 0.6) is 0 Å². The van der Waals surface area contributed by atoms with E-state index in [-0.39, 0.29) is 17.2 Å². The van der Waals surface area contributed by atoms with Crippen molar-refractivity contribution >= 4 is 23.2 Å². The first-order chi connectivity index (χ1) is 14.6. The lowest BCUT2D eigenvalue weighted by atomic mass is 9.85. The second kappa shape index (κ2) is 8.21. The molecule has 2 aromatic rings. The van der Waals surface area contributed by atoms with Gasteiger partial charge in [-0.05, 0) is 12.8 Å². The Kier molecular flexibility index (Phi) is 5.43. The molecule has 0 atom stereocenters. The molecule has 6 nitrogen and oxygen atoms in total. The Hall–Kier alpha value is -2.09. The van der Waals surface area contributed by atoms with E-state index in [0.29, 0.717) is 13.1 Å². The predicted octanol–water partition coefficient (Wildman–Crippen LogP) is 3.20. The summed E-state index contributed by atoms with van der Waals surface area (Å²) in [5.41, 5.74) is 1.92. The third-order valence-corrected chi connectivity index (χ3v) is 7.75. The monoisotopic (exact) mass is 424 g/mol. The van der Waals surface area contributed by atoms with Gasteiger partial charge in [-0.3, -0.25) is 24.3 Å². The van der Waals surface area contributed by atoms with Crippen LogP contribution in [0.2, 0.25) is 0 Å². The summed E-state index contributed by atoms with van der Waals surface area (Å²) in [5, 5.41) is 3.22. The van der Waals surface area contributed by atoms with E-state index in [1.807, 2.05) is 18.2 Å². The largest absolute Gasteiger partial charge is 0.295 e. The van der Waals surface area contributed by atoms with E-state index in [2.05, 4.69) is 27.3 Å². The lowest BCUT2D eigenvalue weighted by molar-refractivity contribution is -0.144. The van der Waals surface area contributed by atoms with Crippen LogP contribution in [0.25, 0.3) is 10.6 Å². The number of benzene rings is 1. The van der Waals surface area contributed by atoms with E-state index in [4.69, 9.17) is 4.98 Å². The molecule has 0 unspecified atom stereocenters. The Balaban J connectivity index is 1.13. The van der Waals surface area contributed by atoms with E-state index in [0.717, 1.165) is 69.1 Å². The van der Waals surface area contributed by atoms with Crippen molar-refractivity contribution in [1.29, 1.82) is 0 Å². The van der Waals surface area contributed by atoms with Crippen LogP contribution in [0.1, 0.15) is 37.8 Å². The van der Waals surface area contributed by atoms with Crippen LogP contribution in [0.3, 0.4) is 0 Å². The van der Waals surface area contributed by atoms with Crippen molar-refractivity contribution in [2.75, 3.05) is 32.8 Å². The minimum atomic E-state index is -0.361. The van der Waals surface area contributed by atoms with Crippen LogP contribution in [-0.4, -0.2) is 64.3 Å². The number of hydrogen-bond acceptors (Lipinski definition) is 6. The molecule has 30 heavy (non-hydrogen) atoms. The van der Waals surface area contributed by atoms with Gasteiger partial charge in [0.2, 0.25) is 11.8 Å². The fourth-order valence-corrected chi connectivity index (χ4v) is 5.87. The van der Waals surface area contributed by atoms with Gasteiger partial charge in [-0.25, -0.2) is 4.98 Å². The zero-order valence-electron chi connectivity index (χ0n) is 17.3. The highest BCUT2D eigenvalue weighted by Crippen LogP contribution is 2.46. The minimum Gasteiger partial charge on any atom is -0.295 e. The Bertz CT molecular complexity index is 914. The number of carbonyl (C=O) groups excluding carboxylic acids is 2. The average molecular weight is 425 g/mol. The van der Waals surface area contributed by atoms with Gasteiger partial charge in [0.1, 0.15) is 5.01 Å². The smallest absolute Gasteiger partial charge is 0.237 e. The van der Waals surface area contributed by atoms with E-state index in [1.165, 1.54) is 10.5 Å². The standard InChI is InChI=1S/C23H28N4O2S/c28-20-14-23(8-4-5-9-23)22(29)27(20)17-26-12-10-25(11-13-26)15-19-16-30-21(24-19)18-6-2-1-3-7-18/h1-3,6-7,16H,4-5,8-15,17H2. The molecule has 2 saturated heterocycles. The van der Waals surface area contributed by atoms with Crippen molar-refractivity contribution in [3.8, 4) is 10.6 Å². The van der Waals surface area contributed by atoms with Gasteiger partial charge in [-0.1, -0.05) is 43.2 Å². The number of rotatable bonds is 5. The van der Waals surface area contributed by atoms with Crippen molar-refractivity contribution in [3.63, 3.8) is 0 Å². The molecule has 1 aromatic heterocycles. The van der Waals surface area contributed by atoms with Crippen molar-refractivity contribution in [3.05, 3.63) is 41.4 Å². The predicted molar refractivity (Wildman–Crippen MR) is 117 cm³/mol. The summed E-state index contributed by atoms with van der Waals surface area (Å²) in [5.74, 6) is 0.114. The van der Waals surface area contributed by atoms with Gasteiger partial charge in [0, 0.05) is 50.1 Å². The summed E-state index contributed by atoms with van der Waals surface area (Å²) >= 11 is 1.69. The number of imide groups is 1. The maximum absolute atomic E-state index is 12.9. The number of thiazole rings is 1. The third kappa shape index (κ3) is 3.82. The SMILES string of the molecule is O=C1CC2(CCCC2)C(=O)N1CN1CCN(Cc2csc(-c3ccccc3)n2)CC1. The Morgan fingerprint density at radius 2 is 1.67 bits per heavy atom. The van der Waals surface area contributed by atoms with Gasteiger partial charge < -0.3 is 0 Å². The molecule has 3 fully saturated rings. The number of hydrogen-bond donors (Lipinski definition) is 0. The zero-order valence-corrected chi connectivity index (χ0v) is 18.1. The molecule has 0 N–H and O–H groups in total. The van der Waals surface area contributed by atoms with E-state index in [9.17, 15) is 9.59 Å². The molecule has 2 amide bonds. The maximum atomic E-state index is 12.9. The van der Waals surface area contributed by atoms with Crippen LogP contribution < -0.4 is 0 Å². The van der Waals surface area contributed by atoms with Crippen LogP contribution >= 0.6 is 11.3 Å². The highest BCUT2D eigenvalue weighted by molar-refractivity contribution is 7.13. The van der Waals surface area contributed by atoms with Crippen molar-refractivity contribution in [2.24, 2.45) is 5.41 Å². The summed E-state index contributed by atoms with van der Waals surface area (Å²) in [6.45, 7) is 4.92. The van der Waals surface area contributed by atoms with Gasteiger partial charge in [-0.2, -0.15) is 0 Å². The molecule has 0 bridgehead atoms. The first kappa shape index (κ1) is 19.8. The van der Waals surface area contributed by atoms with Crippen LogP contribution in [-0.2, 0) is 16.1 Å². The molecule has 7 heteroatoms. The first-order valence-corrected chi connectivity index (χ1v) is 11.8. The number of nitrogens with zero attached hydrogens (tertiary/aromatic N) is 4. The second-order valence-corrected chi connectivity index (χ2v) is 9.69. The number of piperazine rings is 1. The van der Waals surface area contributed by atoms with Gasteiger partial charge in [-0.15, -0.1) is 11.3 Å². The maximum Gasteiger partial charge on any atom is 0.237 e. The quantitative estimate of drug-likeness (QED) is 0.690. The third-order valence-electron chi connectivity index (χ3n) is 6.81. The fraction of sp³-hybridized carbons (Fsp3) is 0.522. The molecule has 5 rings (SSSR count). The molecule has 1 spiro atoms. The average Bonchev–Trinajstić information content (AvgIpc) is 3.48. The lowest BCUT2D eigenvalue weighted by Gasteiger charge is -2.36. The number of carbonyl (C=O) groups is 2. The van der Waals surface area contributed by atoms with Gasteiger partial charge in [0.15, 0.2) is 0 Å². The highest BCUT2D eigenvalue weighted by atomic mass is 32.1. The molecule has 1 saturated carbocycles. The molecule has 3 heterocycles. The molecule has 3 aliphatic rings. The molecule has 2 aliphatic heterocycles. The summed E-state index contributed by atoms with van der Waals surface area (Å²) < 4.78 is 0. The fourth-order valence-electron chi connectivity index (χ4n) is 5.06. The number of aromatic nitrogens is 1. The number of amides is 2. The number of likely N-dealkylation sites (tertiary alicyclic amines) is 1. The Morgan fingerprint density at radius 3 is 2.40 bits per heavy atom. The van der Waals surface area contributed by atoms with Gasteiger partial charge in [0.25, 0.3) is 0 Å². The summed E-state index contributed by atoms with van der Waals surface area (Å²) in [4.78, 5) is 36.4. The lowest BCUT2D eigenvalue weighted by Crippen LogP contribution is -2.51. The molecule has 1 aromatic carbocycles. The zero-order chi connectivity index (χ0) is 20.6. The van der Waals surface area contributed by atoms with Crippen LogP contribution in [0.4, 0.5) is 0 Å². The summed E-state index contributed by atoms with van der Waals surface area (Å²) in [6.07, 6.45) is 4.36. The Labute approximate surface area is 181 Å². The minimum absolute atomic E-state index is 0.0280. The summed E-state index contributed by atoms with van der Waals surface area (Å²) in [6, 6.07) is 10.3. The van der Waals surface area contributed by atoms with E-state index in [1.54, 1.807) is 11.3 Å². The molecular weight excluding hydrogens is 396 g/mol. The van der Waals surface area contributed by atoms with Crippen LogP contribution in [0.15, 0.2) is 35.7 Å².